The third kappa shape index (κ3) is 3.31. The van der Waals surface area contributed by atoms with Crippen molar-refractivity contribution in [3.8, 4) is 0 Å². The highest BCUT2D eigenvalue weighted by Gasteiger charge is 2.51. The number of rotatable bonds is 4. The van der Waals surface area contributed by atoms with Gasteiger partial charge in [0, 0.05) is 12.0 Å². The molecule has 27 heavy (non-hydrogen) atoms. The first-order valence-electron chi connectivity index (χ1n) is 9.18. The summed E-state index contributed by atoms with van der Waals surface area (Å²) < 4.78 is 41.1. The Hall–Kier alpha value is -2.09. The fraction of sp³-hybridized carbons (Fsp3) is 0.579. The maximum atomic E-state index is 13.1. The quantitative estimate of drug-likeness (QED) is 0.837. The molecular formula is C19H22F3N3O2. The Bertz CT molecular complexity index is 894. The summed E-state index contributed by atoms with van der Waals surface area (Å²) in [6.07, 6.45) is -1.14. The molecule has 1 amide bonds. The van der Waals surface area contributed by atoms with Crippen LogP contribution >= 0.6 is 0 Å². The summed E-state index contributed by atoms with van der Waals surface area (Å²) in [4.78, 5) is 16.9. The Labute approximate surface area is 154 Å². The van der Waals surface area contributed by atoms with E-state index >= 15 is 0 Å². The van der Waals surface area contributed by atoms with Crippen LogP contribution in [0.3, 0.4) is 0 Å². The van der Waals surface area contributed by atoms with Crippen molar-refractivity contribution in [1.29, 1.82) is 0 Å². The van der Waals surface area contributed by atoms with Crippen molar-refractivity contribution in [2.24, 2.45) is 11.8 Å². The van der Waals surface area contributed by atoms with E-state index in [2.05, 4.69) is 10.3 Å². The summed E-state index contributed by atoms with van der Waals surface area (Å²) in [5.41, 5.74) is -0.838. The topological polar surface area (TPSA) is 67.2 Å². The average Bonchev–Trinajstić information content (AvgIpc) is 3.24. The standard InChI is InChI=1S/C19H22F3N3O2/c1-18(2,27)13-9-12(13)16(26)24-17-23-14-7-6-10(19(20,21)22)8-15(14)25(17)11-4-3-5-11/h6-8,11-13,27H,3-5,9H2,1-2H3,(H,23,24,26)/t12-,13?/m0/s1. The van der Waals surface area contributed by atoms with E-state index in [0.717, 1.165) is 31.4 Å². The molecule has 2 fully saturated rings. The van der Waals surface area contributed by atoms with Crippen molar-refractivity contribution in [3.63, 3.8) is 0 Å². The number of hydrogen-bond acceptors (Lipinski definition) is 3. The smallest absolute Gasteiger partial charge is 0.390 e. The van der Waals surface area contributed by atoms with E-state index in [4.69, 9.17) is 0 Å². The highest BCUT2D eigenvalue weighted by atomic mass is 19.4. The van der Waals surface area contributed by atoms with E-state index in [1.165, 1.54) is 6.07 Å². The zero-order valence-electron chi connectivity index (χ0n) is 15.2. The van der Waals surface area contributed by atoms with Gasteiger partial charge in [-0.15, -0.1) is 0 Å². The second-order valence-electron chi connectivity index (χ2n) is 8.18. The first-order chi connectivity index (χ1) is 12.6. The zero-order chi connectivity index (χ0) is 19.6. The van der Waals surface area contributed by atoms with Gasteiger partial charge in [-0.3, -0.25) is 10.1 Å². The Morgan fingerprint density at radius 2 is 2.00 bits per heavy atom. The highest BCUT2D eigenvalue weighted by molar-refractivity contribution is 5.95. The monoisotopic (exact) mass is 381 g/mol. The van der Waals surface area contributed by atoms with Gasteiger partial charge < -0.3 is 9.67 Å². The van der Waals surface area contributed by atoms with Crippen LogP contribution in [0.4, 0.5) is 19.1 Å². The van der Waals surface area contributed by atoms with E-state index < -0.39 is 17.3 Å². The third-order valence-corrected chi connectivity index (χ3v) is 5.73. The fourth-order valence-electron chi connectivity index (χ4n) is 3.84. The number of nitrogens with zero attached hydrogens (tertiary/aromatic N) is 2. The molecule has 0 bridgehead atoms. The van der Waals surface area contributed by atoms with Crippen molar-refractivity contribution >= 4 is 22.9 Å². The summed E-state index contributed by atoms with van der Waals surface area (Å²) in [6.45, 7) is 3.35. The molecule has 2 N–H and O–H groups in total. The molecule has 2 atom stereocenters. The first-order valence-corrected chi connectivity index (χ1v) is 9.18. The summed E-state index contributed by atoms with van der Waals surface area (Å²) in [7, 11) is 0. The second kappa shape index (κ2) is 5.95. The van der Waals surface area contributed by atoms with E-state index in [1.807, 2.05) is 0 Å². The fourth-order valence-corrected chi connectivity index (χ4v) is 3.84. The molecule has 1 aromatic carbocycles. The van der Waals surface area contributed by atoms with Crippen molar-refractivity contribution in [2.45, 2.75) is 57.3 Å². The van der Waals surface area contributed by atoms with Crippen molar-refractivity contribution in [3.05, 3.63) is 23.8 Å². The lowest BCUT2D eigenvalue weighted by Gasteiger charge is -2.29. The molecule has 0 spiro atoms. The van der Waals surface area contributed by atoms with Crippen molar-refractivity contribution < 1.29 is 23.1 Å². The number of halogens is 3. The van der Waals surface area contributed by atoms with Crippen LogP contribution in [-0.2, 0) is 11.0 Å². The number of fused-ring (bicyclic) bond motifs is 1. The normalized spacial score (nSPS) is 23.3. The molecule has 1 unspecified atom stereocenters. The summed E-state index contributed by atoms with van der Waals surface area (Å²) in [6, 6.07) is 3.50. The van der Waals surface area contributed by atoms with Crippen LogP contribution in [0.5, 0.6) is 0 Å². The number of nitrogens with one attached hydrogen (secondary N) is 1. The number of imidazole rings is 1. The van der Waals surface area contributed by atoms with Gasteiger partial charge in [0.15, 0.2) is 0 Å². The van der Waals surface area contributed by atoms with Crippen LogP contribution in [0.2, 0.25) is 0 Å². The predicted molar refractivity (Wildman–Crippen MR) is 94.1 cm³/mol. The number of benzene rings is 1. The SMILES string of the molecule is CC(C)(O)C1C[C@@H]1C(=O)Nc1nc2ccc(C(F)(F)F)cc2n1C1CCC1. The molecule has 0 aliphatic heterocycles. The molecule has 2 aliphatic carbocycles. The summed E-state index contributed by atoms with van der Waals surface area (Å²) >= 11 is 0. The number of amides is 1. The van der Waals surface area contributed by atoms with Gasteiger partial charge in [0.1, 0.15) is 0 Å². The van der Waals surface area contributed by atoms with Gasteiger partial charge in [-0.1, -0.05) is 0 Å². The number of carbonyl (C=O) groups is 1. The van der Waals surface area contributed by atoms with E-state index in [1.54, 1.807) is 18.4 Å². The number of aromatic nitrogens is 2. The molecule has 5 nitrogen and oxygen atoms in total. The number of anilines is 1. The minimum absolute atomic E-state index is 0.0399. The number of hydrogen-bond donors (Lipinski definition) is 2. The van der Waals surface area contributed by atoms with Gasteiger partial charge in [0.05, 0.1) is 22.2 Å². The lowest BCUT2D eigenvalue weighted by Crippen LogP contribution is -2.27. The van der Waals surface area contributed by atoms with Crippen LogP contribution < -0.4 is 5.32 Å². The van der Waals surface area contributed by atoms with E-state index in [9.17, 15) is 23.1 Å². The Morgan fingerprint density at radius 1 is 1.30 bits per heavy atom. The van der Waals surface area contributed by atoms with E-state index in [0.29, 0.717) is 23.4 Å². The van der Waals surface area contributed by atoms with E-state index in [-0.39, 0.29) is 23.8 Å². The Balaban J connectivity index is 1.67. The summed E-state index contributed by atoms with van der Waals surface area (Å²) in [5, 5.41) is 12.8. The lowest BCUT2D eigenvalue weighted by atomic mass is 9.92. The maximum absolute atomic E-state index is 13.1. The largest absolute Gasteiger partial charge is 0.416 e. The third-order valence-electron chi connectivity index (χ3n) is 5.73. The second-order valence-corrected chi connectivity index (χ2v) is 8.18. The highest BCUT2D eigenvalue weighted by Crippen LogP contribution is 2.47. The molecule has 4 rings (SSSR count). The first kappa shape index (κ1) is 18.3. The van der Waals surface area contributed by atoms with Crippen LogP contribution in [0, 0.1) is 11.8 Å². The number of aliphatic hydroxyl groups is 1. The van der Waals surface area contributed by atoms with Crippen molar-refractivity contribution in [2.75, 3.05) is 5.32 Å². The van der Waals surface area contributed by atoms with Gasteiger partial charge >= 0.3 is 6.18 Å². The molecule has 2 saturated carbocycles. The van der Waals surface area contributed by atoms with Gasteiger partial charge in [-0.05, 0) is 63.6 Å². The number of alkyl halides is 3. The molecule has 146 valence electrons. The van der Waals surface area contributed by atoms with Crippen LogP contribution in [0.25, 0.3) is 11.0 Å². The molecule has 1 aromatic heterocycles. The minimum Gasteiger partial charge on any atom is -0.390 e. The van der Waals surface area contributed by atoms with Crippen molar-refractivity contribution in [1.82, 2.24) is 9.55 Å². The minimum atomic E-state index is -4.43. The molecule has 2 aliphatic rings. The molecule has 0 saturated heterocycles. The molecule has 2 aromatic rings. The average molecular weight is 381 g/mol. The Kier molecular flexibility index (Phi) is 4.03. The van der Waals surface area contributed by atoms with Gasteiger partial charge in [0.25, 0.3) is 0 Å². The predicted octanol–water partition coefficient (Wildman–Crippen LogP) is 4.13. The van der Waals surface area contributed by atoms with Crippen LogP contribution in [0.15, 0.2) is 18.2 Å². The molecule has 0 radical (unpaired) electrons. The van der Waals surface area contributed by atoms with Crippen LogP contribution in [-0.4, -0.2) is 26.2 Å². The molecule has 1 heterocycles. The number of carbonyl (C=O) groups excluding carboxylic acids is 1. The lowest BCUT2D eigenvalue weighted by molar-refractivity contribution is -0.137. The van der Waals surface area contributed by atoms with Gasteiger partial charge in [0.2, 0.25) is 11.9 Å². The zero-order valence-corrected chi connectivity index (χ0v) is 15.2. The molecular weight excluding hydrogens is 359 g/mol. The maximum Gasteiger partial charge on any atom is 0.416 e. The van der Waals surface area contributed by atoms with Crippen LogP contribution in [0.1, 0.15) is 51.1 Å². The molecule has 8 heteroatoms. The van der Waals surface area contributed by atoms with Gasteiger partial charge in [-0.25, -0.2) is 4.98 Å². The summed E-state index contributed by atoms with van der Waals surface area (Å²) in [5.74, 6) is -0.365. The van der Waals surface area contributed by atoms with Gasteiger partial charge in [-0.2, -0.15) is 13.2 Å². The Morgan fingerprint density at radius 3 is 2.52 bits per heavy atom.